The predicted molar refractivity (Wildman–Crippen MR) is 134 cm³/mol. The number of rotatable bonds is 8. The van der Waals surface area contributed by atoms with Crippen LogP contribution in [0.15, 0.2) is 41.6 Å². The molecule has 0 spiro atoms. The largest absolute Gasteiger partial charge is 0.357 e. The van der Waals surface area contributed by atoms with E-state index in [0.717, 1.165) is 44.1 Å². The molecule has 0 bridgehead atoms. The number of aryl methyl sites for hydroxylation is 1. The van der Waals surface area contributed by atoms with Crippen LogP contribution < -0.4 is 10.2 Å². The van der Waals surface area contributed by atoms with E-state index in [1.807, 2.05) is 30.3 Å². The van der Waals surface area contributed by atoms with Crippen LogP contribution >= 0.6 is 11.9 Å². The lowest BCUT2D eigenvalue weighted by molar-refractivity contribution is -0.109. The lowest BCUT2D eigenvalue weighted by atomic mass is 10.2. The second-order valence-electron chi connectivity index (χ2n) is 7.95. The third kappa shape index (κ3) is 6.17. The van der Waals surface area contributed by atoms with E-state index in [-0.39, 0.29) is 0 Å². The van der Waals surface area contributed by atoms with Gasteiger partial charge in [0.2, 0.25) is 6.41 Å². The van der Waals surface area contributed by atoms with E-state index in [4.69, 9.17) is 0 Å². The molecule has 1 aliphatic heterocycles. The van der Waals surface area contributed by atoms with Crippen LogP contribution in [0.2, 0.25) is 0 Å². The van der Waals surface area contributed by atoms with Crippen molar-refractivity contribution in [3.05, 3.63) is 59.3 Å². The van der Waals surface area contributed by atoms with E-state index >= 15 is 0 Å². The summed E-state index contributed by atoms with van der Waals surface area (Å²) in [6, 6.07) is 8.24. The number of anilines is 1. The highest BCUT2D eigenvalue weighted by atomic mass is 32.2. The highest BCUT2D eigenvalue weighted by Crippen LogP contribution is 2.30. The van der Waals surface area contributed by atoms with Crippen LogP contribution in [0.4, 0.5) is 5.82 Å². The monoisotopic (exact) mass is 469 g/mol. The highest BCUT2D eigenvalue weighted by Gasteiger charge is 2.19. The van der Waals surface area contributed by atoms with E-state index in [9.17, 15) is 4.79 Å². The summed E-state index contributed by atoms with van der Waals surface area (Å²) in [5.74, 6) is 0.955. The Morgan fingerprint density at radius 2 is 1.97 bits per heavy atom. The molecule has 8 nitrogen and oxygen atoms in total. The molecule has 0 saturated carbocycles. The molecule has 0 unspecified atom stereocenters. The van der Waals surface area contributed by atoms with E-state index in [2.05, 4.69) is 80.7 Å². The van der Waals surface area contributed by atoms with E-state index < -0.39 is 0 Å². The average Bonchev–Trinajstić information content (AvgIpc) is 3.39. The third-order valence-electron chi connectivity index (χ3n) is 5.97. The van der Waals surface area contributed by atoms with Crippen molar-refractivity contribution in [1.82, 2.24) is 29.0 Å². The molecule has 4 rings (SSSR count). The predicted octanol–water partition coefficient (Wildman–Crippen LogP) is 3.54. The summed E-state index contributed by atoms with van der Waals surface area (Å²) in [6.07, 6.45) is 4.37. The van der Waals surface area contributed by atoms with Crippen molar-refractivity contribution in [3.63, 3.8) is 0 Å². The van der Waals surface area contributed by atoms with Gasteiger partial charge < -0.3 is 14.8 Å². The standard InChI is InChI=1S/C13H18N4S.C11H17N3O/c1-10-8-13(11(2)15(10)3)18-16-6-7-17-12(9-16)4-5-14-17;1-3-14(4-2)11-10(8-12-9-15)6-5-7-13-11/h4-5,8H,6-7,9H2,1-3H3;5-7,9H,3-4,8H2,1-2H3,(H,12,15). The molecule has 0 saturated heterocycles. The van der Waals surface area contributed by atoms with Gasteiger partial charge in [0.25, 0.3) is 0 Å². The molecule has 1 aliphatic rings. The van der Waals surface area contributed by atoms with Crippen molar-refractivity contribution in [2.45, 2.75) is 52.2 Å². The molecule has 3 aromatic rings. The minimum Gasteiger partial charge on any atom is -0.357 e. The SMILES string of the molecule is CCN(CC)c1ncccc1CNC=O.Cc1cc(SN2CCn3nccc3C2)c(C)n1C. The van der Waals surface area contributed by atoms with Gasteiger partial charge in [-0.15, -0.1) is 0 Å². The molecule has 0 fully saturated rings. The molecule has 1 N–H and O–H groups in total. The number of nitrogens with zero attached hydrogens (tertiary/aromatic N) is 6. The summed E-state index contributed by atoms with van der Waals surface area (Å²) in [5.41, 5.74) is 5.01. The second-order valence-corrected chi connectivity index (χ2v) is 9.09. The van der Waals surface area contributed by atoms with Gasteiger partial charge in [-0.1, -0.05) is 6.07 Å². The first kappa shape index (κ1) is 24.9. The Labute approximate surface area is 201 Å². The summed E-state index contributed by atoms with van der Waals surface area (Å²) in [4.78, 5) is 18.1. The zero-order valence-corrected chi connectivity index (χ0v) is 21.1. The van der Waals surface area contributed by atoms with E-state index in [1.165, 1.54) is 22.0 Å². The maximum absolute atomic E-state index is 10.3. The first-order chi connectivity index (χ1) is 16.0. The number of carbonyl (C=O) groups excluding carboxylic acids is 1. The van der Waals surface area contributed by atoms with Gasteiger partial charge in [0, 0.05) is 67.5 Å². The minimum atomic E-state index is 0.531. The van der Waals surface area contributed by atoms with Crippen molar-refractivity contribution in [2.24, 2.45) is 7.05 Å². The molecule has 0 radical (unpaired) electrons. The van der Waals surface area contributed by atoms with Crippen molar-refractivity contribution >= 4 is 24.2 Å². The molecule has 3 aromatic heterocycles. The molecule has 0 atom stereocenters. The summed E-state index contributed by atoms with van der Waals surface area (Å²) < 4.78 is 6.76. The van der Waals surface area contributed by atoms with Crippen LogP contribution in [-0.4, -0.2) is 49.7 Å². The Bertz CT molecular complexity index is 1040. The number of amides is 1. The van der Waals surface area contributed by atoms with Gasteiger partial charge in [0.1, 0.15) is 5.82 Å². The van der Waals surface area contributed by atoms with Crippen LogP contribution in [-0.2, 0) is 31.5 Å². The first-order valence-corrected chi connectivity index (χ1v) is 12.2. The Morgan fingerprint density at radius 3 is 2.64 bits per heavy atom. The Morgan fingerprint density at radius 1 is 1.18 bits per heavy atom. The van der Waals surface area contributed by atoms with Gasteiger partial charge in [-0.2, -0.15) is 5.10 Å². The van der Waals surface area contributed by atoms with Gasteiger partial charge >= 0.3 is 0 Å². The lowest BCUT2D eigenvalue weighted by Gasteiger charge is -2.26. The third-order valence-corrected chi connectivity index (χ3v) is 7.15. The average molecular weight is 470 g/mol. The van der Waals surface area contributed by atoms with Crippen LogP contribution in [0.5, 0.6) is 0 Å². The number of hydrogen-bond donors (Lipinski definition) is 1. The fourth-order valence-electron chi connectivity index (χ4n) is 3.82. The number of nitrogens with one attached hydrogen (secondary N) is 1. The van der Waals surface area contributed by atoms with Gasteiger partial charge in [0.15, 0.2) is 0 Å². The normalized spacial score (nSPS) is 13.1. The molecule has 178 valence electrons. The molecule has 0 aromatic carbocycles. The number of hydrogen-bond acceptors (Lipinski definition) is 6. The second kappa shape index (κ2) is 11.9. The van der Waals surface area contributed by atoms with Crippen molar-refractivity contribution in [1.29, 1.82) is 0 Å². The zero-order chi connectivity index (χ0) is 23.8. The number of fused-ring (bicyclic) bond motifs is 1. The zero-order valence-electron chi connectivity index (χ0n) is 20.3. The smallest absolute Gasteiger partial charge is 0.207 e. The number of pyridine rings is 1. The maximum Gasteiger partial charge on any atom is 0.207 e. The quantitative estimate of drug-likeness (QED) is 0.402. The molecule has 0 aliphatic carbocycles. The van der Waals surface area contributed by atoms with Crippen molar-refractivity contribution < 1.29 is 4.79 Å². The summed E-state index contributed by atoms with van der Waals surface area (Å²) in [5, 5.41) is 6.97. The first-order valence-electron chi connectivity index (χ1n) is 11.4. The van der Waals surface area contributed by atoms with Crippen LogP contribution in [0.25, 0.3) is 0 Å². The van der Waals surface area contributed by atoms with Crippen LogP contribution in [0, 0.1) is 13.8 Å². The highest BCUT2D eigenvalue weighted by molar-refractivity contribution is 7.97. The lowest BCUT2D eigenvalue weighted by Crippen LogP contribution is -2.28. The fraction of sp³-hybridized carbons (Fsp3) is 0.458. The molecule has 1 amide bonds. The van der Waals surface area contributed by atoms with Gasteiger partial charge in [-0.25, -0.2) is 9.29 Å². The van der Waals surface area contributed by atoms with Crippen LogP contribution in [0.1, 0.15) is 36.5 Å². The molecule has 4 heterocycles. The Kier molecular flexibility index (Phi) is 8.96. The number of aromatic nitrogens is 4. The van der Waals surface area contributed by atoms with Crippen LogP contribution in [0.3, 0.4) is 0 Å². The topological polar surface area (TPSA) is 71.2 Å². The molecule has 9 heteroatoms. The summed E-state index contributed by atoms with van der Waals surface area (Å²) in [7, 11) is 2.13. The summed E-state index contributed by atoms with van der Waals surface area (Å²) in [6.45, 7) is 13.9. The van der Waals surface area contributed by atoms with Crippen molar-refractivity contribution in [3.8, 4) is 0 Å². The fourth-order valence-corrected chi connectivity index (χ4v) is 4.96. The maximum atomic E-state index is 10.3. The van der Waals surface area contributed by atoms with E-state index in [0.29, 0.717) is 13.0 Å². The van der Waals surface area contributed by atoms with Gasteiger partial charge in [-0.3, -0.25) is 9.48 Å². The van der Waals surface area contributed by atoms with Crippen molar-refractivity contribution in [2.75, 3.05) is 24.5 Å². The van der Waals surface area contributed by atoms with Gasteiger partial charge in [0.05, 0.1) is 18.8 Å². The molecule has 33 heavy (non-hydrogen) atoms. The number of carbonyl (C=O) groups is 1. The Hall–Kier alpha value is -2.78. The van der Waals surface area contributed by atoms with E-state index in [1.54, 1.807) is 6.20 Å². The Balaban J connectivity index is 0.000000190. The minimum absolute atomic E-state index is 0.531. The summed E-state index contributed by atoms with van der Waals surface area (Å²) >= 11 is 1.86. The van der Waals surface area contributed by atoms with Gasteiger partial charge in [-0.05, 0) is 57.8 Å². The molecular weight excluding hydrogens is 434 g/mol. The molecular formula is C24H35N7OS.